The van der Waals surface area contributed by atoms with Crippen molar-refractivity contribution in [2.24, 2.45) is 0 Å². The maximum absolute atomic E-state index is 12.6. The summed E-state index contributed by atoms with van der Waals surface area (Å²) in [5, 5.41) is 11.3. The lowest BCUT2D eigenvalue weighted by molar-refractivity contribution is -0.119. The molecule has 132 valence electrons. The van der Waals surface area contributed by atoms with Crippen LogP contribution in [0.4, 0.5) is 4.79 Å². The van der Waals surface area contributed by atoms with E-state index >= 15 is 0 Å². The van der Waals surface area contributed by atoms with E-state index in [1.807, 2.05) is 60.7 Å². The van der Waals surface area contributed by atoms with Crippen molar-refractivity contribution in [3.05, 3.63) is 71.8 Å². The fourth-order valence-electron chi connectivity index (χ4n) is 3.71. The first-order chi connectivity index (χ1) is 11.8. The number of carbonyl (C=O) groups excluding carboxylic acids is 1. The van der Waals surface area contributed by atoms with Gasteiger partial charge in [0.1, 0.15) is 12.2 Å². The van der Waals surface area contributed by atoms with Crippen LogP contribution in [0.5, 0.6) is 0 Å². The zero-order valence-electron chi connectivity index (χ0n) is 15.0. The molecule has 1 aliphatic heterocycles. The van der Waals surface area contributed by atoms with E-state index in [2.05, 4.69) is 19.6 Å². The van der Waals surface area contributed by atoms with Gasteiger partial charge in [0.05, 0.1) is 20.3 Å². The number of likely N-dealkylation sites (tertiary alicyclic amines) is 1. The number of nitrogens with zero attached hydrogens (tertiary/aromatic N) is 1. The molecule has 1 fully saturated rings. The Morgan fingerprint density at radius 3 is 2.24 bits per heavy atom. The van der Waals surface area contributed by atoms with Gasteiger partial charge in [-0.05, 0) is 11.1 Å². The molecule has 2 aromatic rings. The van der Waals surface area contributed by atoms with Crippen LogP contribution in [0.1, 0.15) is 11.1 Å². The molecule has 2 unspecified atom stereocenters. The van der Waals surface area contributed by atoms with Crippen molar-refractivity contribution < 1.29 is 14.6 Å². The Hall–Kier alpha value is -2.11. The van der Waals surface area contributed by atoms with Crippen molar-refractivity contribution in [1.29, 1.82) is 0 Å². The van der Waals surface area contributed by atoms with Crippen molar-refractivity contribution in [2.75, 3.05) is 6.54 Å². The zero-order valence-corrected chi connectivity index (χ0v) is 16.0. The number of amides is 1. The Balaban J connectivity index is 1.75. The van der Waals surface area contributed by atoms with Crippen LogP contribution in [0.2, 0.25) is 19.6 Å². The molecule has 2 atom stereocenters. The lowest BCUT2D eigenvalue weighted by Gasteiger charge is -2.58. The molecule has 0 bridgehead atoms. The van der Waals surface area contributed by atoms with Gasteiger partial charge in [0.25, 0.3) is 0 Å². The summed E-state index contributed by atoms with van der Waals surface area (Å²) in [6.07, 6.45) is -0.350. The second-order valence-electron chi connectivity index (χ2n) is 7.73. The van der Waals surface area contributed by atoms with E-state index in [4.69, 9.17) is 4.74 Å². The van der Waals surface area contributed by atoms with Gasteiger partial charge in [-0.25, -0.2) is 4.79 Å². The van der Waals surface area contributed by atoms with Crippen molar-refractivity contribution in [1.82, 2.24) is 4.90 Å². The van der Waals surface area contributed by atoms with Gasteiger partial charge >= 0.3 is 6.09 Å². The van der Waals surface area contributed by atoms with Crippen LogP contribution in [0.3, 0.4) is 0 Å². The van der Waals surface area contributed by atoms with Crippen LogP contribution in [0, 0.1) is 0 Å². The molecular formula is C20H25NO3Si. The molecule has 0 saturated carbocycles. The number of hydrogen-bond donors (Lipinski definition) is 1. The molecule has 0 spiro atoms. The molecule has 3 rings (SSSR count). The number of ether oxygens (including phenoxy) is 1. The molecule has 4 nitrogen and oxygen atoms in total. The van der Waals surface area contributed by atoms with E-state index in [1.165, 1.54) is 0 Å². The Morgan fingerprint density at radius 2 is 1.68 bits per heavy atom. The minimum atomic E-state index is -1.85. The number of rotatable bonds is 4. The van der Waals surface area contributed by atoms with E-state index in [-0.39, 0.29) is 24.9 Å². The molecular weight excluding hydrogens is 330 g/mol. The van der Waals surface area contributed by atoms with E-state index in [1.54, 1.807) is 4.90 Å². The smallest absolute Gasteiger partial charge is 0.410 e. The number of aliphatic hydroxyl groups is 1. The van der Waals surface area contributed by atoms with Crippen LogP contribution in [-0.2, 0) is 16.9 Å². The van der Waals surface area contributed by atoms with Crippen molar-refractivity contribution in [2.45, 2.75) is 37.5 Å². The van der Waals surface area contributed by atoms with Gasteiger partial charge < -0.3 is 14.7 Å². The monoisotopic (exact) mass is 355 g/mol. The number of β-amino-alcohol motifs (C(OH)–C–C–N with tert-alkyl or cyclic N) is 1. The lowest BCUT2D eigenvalue weighted by atomic mass is 9.86. The minimum absolute atomic E-state index is 0.203. The predicted octanol–water partition coefficient (Wildman–Crippen LogP) is 3.77. The molecule has 1 amide bonds. The maximum atomic E-state index is 12.6. The van der Waals surface area contributed by atoms with Gasteiger partial charge in [-0.2, -0.15) is 0 Å². The fraction of sp³-hybridized carbons (Fsp3) is 0.350. The minimum Gasteiger partial charge on any atom is -0.445 e. The molecule has 1 aliphatic rings. The summed E-state index contributed by atoms with van der Waals surface area (Å²) < 4.78 is 5.48. The van der Waals surface area contributed by atoms with E-state index in [0.717, 1.165) is 11.1 Å². The van der Waals surface area contributed by atoms with Crippen molar-refractivity contribution in [3.63, 3.8) is 0 Å². The topological polar surface area (TPSA) is 49.8 Å². The highest BCUT2D eigenvalue weighted by Gasteiger charge is 2.60. The van der Waals surface area contributed by atoms with Crippen LogP contribution in [0.25, 0.3) is 0 Å². The van der Waals surface area contributed by atoms with E-state index < -0.39 is 13.7 Å². The predicted molar refractivity (Wildman–Crippen MR) is 101 cm³/mol. The third-order valence-electron chi connectivity index (χ3n) is 4.71. The molecule has 0 aliphatic carbocycles. The second-order valence-corrected chi connectivity index (χ2v) is 13.0. The Morgan fingerprint density at radius 1 is 1.12 bits per heavy atom. The average Bonchev–Trinajstić information content (AvgIpc) is 2.57. The number of hydrogen-bond acceptors (Lipinski definition) is 3. The van der Waals surface area contributed by atoms with Gasteiger partial charge in [0, 0.05) is 0 Å². The largest absolute Gasteiger partial charge is 0.445 e. The number of carbonyl (C=O) groups is 1. The first-order valence-corrected chi connectivity index (χ1v) is 12.2. The van der Waals surface area contributed by atoms with Gasteiger partial charge in [-0.15, -0.1) is 0 Å². The van der Waals surface area contributed by atoms with Crippen LogP contribution < -0.4 is 0 Å². The van der Waals surface area contributed by atoms with Crippen LogP contribution in [-0.4, -0.2) is 36.4 Å². The summed E-state index contributed by atoms with van der Waals surface area (Å²) >= 11 is 0. The van der Waals surface area contributed by atoms with Gasteiger partial charge in [0.2, 0.25) is 0 Å². The molecule has 1 saturated heterocycles. The standard InChI is InChI=1S/C20H25NO3Si/c1-25(2,3)18-20(23,17-12-8-5-9-13-17)15-21(18)19(22)24-14-16-10-6-4-7-11-16/h4-13,18,23H,14-15H2,1-3H3. The third-order valence-corrected chi connectivity index (χ3v) is 7.14. The Bertz CT molecular complexity index is 730. The summed E-state index contributed by atoms with van der Waals surface area (Å²) in [4.78, 5) is 14.3. The van der Waals surface area contributed by atoms with Crippen LogP contribution in [0.15, 0.2) is 60.7 Å². The number of benzene rings is 2. The Kier molecular flexibility index (Phi) is 4.71. The normalized spacial score (nSPS) is 23.0. The summed E-state index contributed by atoms with van der Waals surface area (Å²) in [5.74, 6) is 0. The molecule has 1 heterocycles. The van der Waals surface area contributed by atoms with Crippen LogP contribution >= 0.6 is 0 Å². The molecule has 25 heavy (non-hydrogen) atoms. The van der Waals surface area contributed by atoms with Gasteiger partial charge in [-0.1, -0.05) is 80.3 Å². The van der Waals surface area contributed by atoms with Crippen molar-refractivity contribution in [3.8, 4) is 0 Å². The first kappa shape index (κ1) is 17.7. The van der Waals surface area contributed by atoms with Gasteiger partial charge in [0.15, 0.2) is 0 Å². The second kappa shape index (κ2) is 6.65. The third kappa shape index (κ3) is 3.48. The summed E-state index contributed by atoms with van der Waals surface area (Å²) in [5.41, 5.74) is 0.636. The molecule has 0 radical (unpaired) electrons. The lowest BCUT2D eigenvalue weighted by Crippen LogP contribution is -2.76. The summed E-state index contributed by atoms with van der Waals surface area (Å²) in [6, 6.07) is 19.3. The van der Waals surface area contributed by atoms with E-state index in [9.17, 15) is 9.90 Å². The average molecular weight is 356 g/mol. The summed E-state index contributed by atoms with van der Waals surface area (Å²) in [6.45, 7) is 7.03. The SMILES string of the molecule is C[Si](C)(C)C1N(C(=O)OCc2ccccc2)CC1(O)c1ccccc1. The highest BCUT2D eigenvalue weighted by Crippen LogP contribution is 2.43. The molecule has 5 heteroatoms. The maximum Gasteiger partial charge on any atom is 0.410 e. The molecule has 0 aromatic heterocycles. The van der Waals surface area contributed by atoms with Crippen molar-refractivity contribution >= 4 is 14.2 Å². The summed E-state index contributed by atoms with van der Waals surface area (Å²) in [7, 11) is -1.85. The highest BCUT2D eigenvalue weighted by molar-refractivity contribution is 6.78. The molecule has 2 aromatic carbocycles. The molecule has 1 N–H and O–H groups in total. The highest BCUT2D eigenvalue weighted by atomic mass is 28.3. The zero-order chi connectivity index (χ0) is 18.1. The van der Waals surface area contributed by atoms with E-state index in [0.29, 0.717) is 0 Å². The Labute approximate surface area is 150 Å². The quantitative estimate of drug-likeness (QED) is 0.849. The van der Waals surface area contributed by atoms with Gasteiger partial charge in [-0.3, -0.25) is 0 Å². The first-order valence-electron chi connectivity index (χ1n) is 8.57. The fourth-order valence-corrected chi connectivity index (χ4v) is 6.54.